The van der Waals surface area contributed by atoms with Gasteiger partial charge in [-0.1, -0.05) is 18.7 Å². The molecule has 0 amide bonds. The minimum absolute atomic E-state index is 0.720. The Balaban J connectivity index is 1.82. The Morgan fingerprint density at radius 1 is 1.33 bits per heavy atom. The molecule has 94 valence electrons. The lowest BCUT2D eigenvalue weighted by atomic mass is 10.1. The molecule has 1 N–H and O–H groups in total. The van der Waals surface area contributed by atoms with Crippen molar-refractivity contribution in [3.63, 3.8) is 0 Å². The van der Waals surface area contributed by atoms with Crippen molar-refractivity contribution in [2.24, 2.45) is 0 Å². The molecule has 3 nitrogen and oxygen atoms in total. The van der Waals surface area contributed by atoms with Crippen LogP contribution in [0.25, 0.3) is 10.9 Å². The molecule has 1 aromatic heterocycles. The van der Waals surface area contributed by atoms with Crippen molar-refractivity contribution in [1.29, 1.82) is 0 Å². The molecule has 1 heterocycles. The highest BCUT2D eigenvalue weighted by Crippen LogP contribution is 2.12. The molecule has 0 saturated carbocycles. The minimum atomic E-state index is 0.720. The van der Waals surface area contributed by atoms with E-state index in [0.29, 0.717) is 0 Å². The van der Waals surface area contributed by atoms with E-state index in [1.54, 1.807) is 0 Å². The number of pyridine rings is 1. The predicted molar refractivity (Wildman–Crippen MR) is 74.2 cm³/mol. The van der Waals surface area contributed by atoms with E-state index in [-0.39, 0.29) is 0 Å². The van der Waals surface area contributed by atoms with Crippen LogP contribution in [0.15, 0.2) is 49.4 Å². The largest absolute Gasteiger partial charge is 0.502 e. The fourth-order valence-electron chi connectivity index (χ4n) is 1.83. The van der Waals surface area contributed by atoms with Crippen molar-refractivity contribution in [3.05, 3.63) is 54.9 Å². The smallest absolute Gasteiger partial charge is 0.0885 e. The summed E-state index contributed by atoms with van der Waals surface area (Å²) in [5, 5.41) is 4.58. The van der Waals surface area contributed by atoms with Gasteiger partial charge in [-0.05, 0) is 36.7 Å². The average molecular weight is 242 g/mol. The van der Waals surface area contributed by atoms with Crippen LogP contribution >= 0.6 is 0 Å². The molecule has 0 atom stereocenters. The van der Waals surface area contributed by atoms with E-state index in [9.17, 15) is 0 Å². The summed E-state index contributed by atoms with van der Waals surface area (Å²) >= 11 is 0. The van der Waals surface area contributed by atoms with Gasteiger partial charge >= 0.3 is 0 Å². The van der Waals surface area contributed by atoms with E-state index in [2.05, 4.69) is 41.1 Å². The molecule has 0 fully saturated rings. The van der Waals surface area contributed by atoms with E-state index >= 15 is 0 Å². The highest BCUT2D eigenvalue weighted by molar-refractivity contribution is 5.78. The molecule has 0 aliphatic heterocycles. The first-order valence-electron chi connectivity index (χ1n) is 6.17. The van der Waals surface area contributed by atoms with Gasteiger partial charge in [-0.15, -0.1) is 0 Å². The van der Waals surface area contributed by atoms with Crippen LogP contribution in [0.1, 0.15) is 12.0 Å². The Labute approximate surface area is 107 Å². The zero-order chi connectivity index (χ0) is 12.6. The third kappa shape index (κ3) is 3.57. The number of benzene rings is 1. The van der Waals surface area contributed by atoms with Gasteiger partial charge in [-0.25, -0.2) is 0 Å². The first kappa shape index (κ1) is 12.6. The van der Waals surface area contributed by atoms with Crippen molar-refractivity contribution in [2.75, 3.05) is 13.2 Å². The second-order valence-electron chi connectivity index (χ2n) is 4.10. The molecule has 0 aliphatic rings. The molecule has 18 heavy (non-hydrogen) atoms. The number of nitrogens with one attached hydrogen (secondary N) is 1. The molecule has 0 radical (unpaired) electrons. The zero-order valence-corrected chi connectivity index (χ0v) is 10.4. The first-order valence-corrected chi connectivity index (χ1v) is 6.17. The quantitative estimate of drug-likeness (QED) is 0.599. The summed E-state index contributed by atoms with van der Waals surface area (Å²) in [6.07, 6.45) is 4.29. The maximum atomic E-state index is 5.06. The molecule has 1 aromatic carbocycles. The van der Waals surface area contributed by atoms with Crippen LogP contribution in [0.5, 0.6) is 0 Å². The zero-order valence-electron chi connectivity index (χ0n) is 10.4. The Bertz CT molecular complexity index is 511. The highest BCUT2D eigenvalue weighted by Gasteiger charge is 1.96. The van der Waals surface area contributed by atoms with Crippen LogP contribution in [-0.4, -0.2) is 18.1 Å². The van der Waals surface area contributed by atoms with Crippen LogP contribution in [-0.2, 0) is 11.3 Å². The molecular formula is C15H18N2O. The van der Waals surface area contributed by atoms with Crippen molar-refractivity contribution >= 4 is 10.9 Å². The Kier molecular flexibility index (Phi) is 4.73. The van der Waals surface area contributed by atoms with Gasteiger partial charge in [0.1, 0.15) is 0 Å². The number of ether oxygens (including phenoxy) is 1. The number of hydrogen-bond donors (Lipinski definition) is 1. The van der Waals surface area contributed by atoms with Gasteiger partial charge in [0.25, 0.3) is 0 Å². The molecule has 0 spiro atoms. The van der Waals surface area contributed by atoms with Gasteiger partial charge in [0.15, 0.2) is 0 Å². The Morgan fingerprint density at radius 3 is 3.17 bits per heavy atom. The molecular weight excluding hydrogens is 224 g/mol. The highest BCUT2D eigenvalue weighted by atomic mass is 16.5. The van der Waals surface area contributed by atoms with Gasteiger partial charge in [0, 0.05) is 18.1 Å². The summed E-state index contributed by atoms with van der Waals surface area (Å²) in [7, 11) is 0. The van der Waals surface area contributed by atoms with E-state index in [4.69, 9.17) is 4.74 Å². The van der Waals surface area contributed by atoms with Crippen LogP contribution in [0.4, 0.5) is 0 Å². The topological polar surface area (TPSA) is 34.1 Å². The van der Waals surface area contributed by atoms with E-state index < -0.39 is 0 Å². The Morgan fingerprint density at radius 2 is 2.28 bits per heavy atom. The Hall–Kier alpha value is -1.87. The summed E-state index contributed by atoms with van der Waals surface area (Å²) < 4.78 is 5.06. The van der Waals surface area contributed by atoms with E-state index in [1.807, 2.05) is 12.3 Å². The summed E-state index contributed by atoms with van der Waals surface area (Å²) in [4.78, 5) is 4.31. The lowest BCUT2D eigenvalue weighted by Gasteiger charge is -2.06. The fourth-order valence-corrected chi connectivity index (χ4v) is 1.83. The predicted octanol–water partition coefficient (Wildman–Crippen LogP) is 2.87. The molecule has 2 aromatic rings. The van der Waals surface area contributed by atoms with Gasteiger partial charge < -0.3 is 10.1 Å². The maximum absolute atomic E-state index is 5.06. The SMILES string of the molecule is C=COCCCNCc1ccc2ncccc2c1. The number of fused-ring (bicyclic) bond motifs is 1. The lowest BCUT2D eigenvalue weighted by Crippen LogP contribution is -2.15. The summed E-state index contributed by atoms with van der Waals surface area (Å²) in [6.45, 7) is 6.04. The van der Waals surface area contributed by atoms with Crippen LogP contribution in [0, 0.1) is 0 Å². The second-order valence-corrected chi connectivity index (χ2v) is 4.10. The monoisotopic (exact) mass is 242 g/mol. The normalized spacial score (nSPS) is 10.4. The van der Waals surface area contributed by atoms with E-state index in [0.717, 1.165) is 31.6 Å². The molecule has 0 aliphatic carbocycles. The third-order valence-corrected chi connectivity index (χ3v) is 2.73. The average Bonchev–Trinajstić information content (AvgIpc) is 2.42. The molecule has 2 rings (SSSR count). The number of hydrogen-bond acceptors (Lipinski definition) is 3. The van der Waals surface area contributed by atoms with Crippen molar-refractivity contribution in [3.8, 4) is 0 Å². The summed E-state index contributed by atoms with van der Waals surface area (Å²) in [6, 6.07) is 10.4. The van der Waals surface area contributed by atoms with E-state index in [1.165, 1.54) is 17.2 Å². The van der Waals surface area contributed by atoms with Gasteiger partial charge in [0.05, 0.1) is 18.4 Å². The number of rotatable bonds is 7. The van der Waals surface area contributed by atoms with Gasteiger partial charge in [0.2, 0.25) is 0 Å². The molecule has 0 saturated heterocycles. The fraction of sp³-hybridized carbons (Fsp3) is 0.267. The number of aromatic nitrogens is 1. The molecule has 3 heteroatoms. The van der Waals surface area contributed by atoms with Crippen molar-refractivity contribution in [2.45, 2.75) is 13.0 Å². The van der Waals surface area contributed by atoms with Crippen LogP contribution in [0.3, 0.4) is 0 Å². The standard InChI is InChI=1S/C15H18N2O/c1-2-18-10-4-8-16-12-13-6-7-15-14(11-13)5-3-9-17-15/h2-3,5-7,9,11,16H,1,4,8,10,12H2. The van der Waals surface area contributed by atoms with Crippen LogP contribution < -0.4 is 5.32 Å². The summed E-state index contributed by atoms with van der Waals surface area (Å²) in [5.74, 6) is 0. The molecule has 0 unspecified atom stereocenters. The first-order chi connectivity index (χ1) is 8.90. The maximum Gasteiger partial charge on any atom is 0.0885 e. The minimum Gasteiger partial charge on any atom is -0.502 e. The van der Waals surface area contributed by atoms with Gasteiger partial charge in [-0.3, -0.25) is 4.98 Å². The lowest BCUT2D eigenvalue weighted by molar-refractivity contribution is 0.244. The number of nitrogens with zero attached hydrogens (tertiary/aromatic N) is 1. The van der Waals surface area contributed by atoms with Crippen LogP contribution in [0.2, 0.25) is 0 Å². The second kappa shape index (κ2) is 6.77. The van der Waals surface area contributed by atoms with Crippen molar-refractivity contribution in [1.82, 2.24) is 10.3 Å². The molecule has 0 bridgehead atoms. The summed E-state index contributed by atoms with van der Waals surface area (Å²) in [5.41, 5.74) is 2.32. The van der Waals surface area contributed by atoms with Crippen molar-refractivity contribution < 1.29 is 4.74 Å². The third-order valence-electron chi connectivity index (χ3n) is 2.73. The van der Waals surface area contributed by atoms with Gasteiger partial charge in [-0.2, -0.15) is 0 Å².